The van der Waals surface area contributed by atoms with Gasteiger partial charge in [-0.1, -0.05) is 70.2 Å². The summed E-state index contributed by atoms with van der Waals surface area (Å²) in [4.78, 5) is 12.4. The molecule has 0 heterocycles. The molecule has 0 aliphatic rings. The molecule has 0 saturated carbocycles. The van der Waals surface area contributed by atoms with Gasteiger partial charge in [0.1, 0.15) is 5.75 Å². The monoisotopic (exact) mass is 339 g/mol. The van der Waals surface area contributed by atoms with Crippen molar-refractivity contribution in [2.45, 2.75) is 52.1 Å². The molecule has 2 aromatic rings. The fraction of sp³-hybridized carbons (Fsp3) is 0.409. The van der Waals surface area contributed by atoms with Crippen LogP contribution in [0.5, 0.6) is 5.75 Å². The van der Waals surface area contributed by atoms with Crippen LogP contribution in [0.25, 0.3) is 0 Å². The van der Waals surface area contributed by atoms with E-state index in [0.717, 1.165) is 12.2 Å². The van der Waals surface area contributed by atoms with Gasteiger partial charge in [0.2, 0.25) is 0 Å². The second kappa shape index (κ2) is 8.70. The van der Waals surface area contributed by atoms with Crippen LogP contribution < -0.4 is 10.1 Å². The van der Waals surface area contributed by atoms with Gasteiger partial charge in [0.15, 0.2) is 6.10 Å². The maximum Gasteiger partial charge on any atom is 0.261 e. The third-order valence-corrected chi connectivity index (χ3v) is 4.22. The topological polar surface area (TPSA) is 38.3 Å². The highest BCUT2D eigenvalue weighted by Gasteiger charge is 2.18. The molecule has 0 saturated heterocycles. The zero-order chi connectivity index (χ0) is 18.3. The molecule has 0 fully saturated rings. The predicted octanol–water partition coefficient (Wildman–Crippen LogP) is 4.50. The Morgan fingerprint density at radius 2 is 1.68 bits per heavy atom. The Labute approximate surface area is 151 Å². The lowest BCUT2D eigenvalue weighted by Gasteiger charge is -2.21. The molecule has 3 nitrogen and oxygen atoms in total. The first-order chi connectivity index (χ1) is 11.9. The molecule has 0 aliphatic heterocycles. The van der Waals surface area contributed by atoms with Gasteiger partial charge in [0, 0.05) is 6.54 Å². The molecular weight excluding hydrogens is 310 g/mol. The predicted molar refractivity (Wildman–Crippen MR) is 103 cm³/mol. The fourth-order valence-corrected chi connectivity index (χ4v) is 2.61. The second-order valence-electron chi connectivity index (χ2n) is 7.32. The number of amides is 1. The summed E-state index contributed by atoms with van der Waals surface area (Å²) in [5, 5.41) is 2.97. The molecule has 1 amide bonds. The zero-order valence-electron chi connectivity index (χ0n) is 15.7. The van der Waals surface area contributed by atoms with Gasteiger partial charge in [-0.15, -0.1) is 0 Å². The van der Waals surface area contributed by atoms with E-state index in [2.05, 4.69) is 50.4 Å². The number of rotatable bonds is 7. The van der Waals surface area contributed by atoms with E-state index in [9.17, 15) is 4.79 Å². The van der Waals surface area contributed by atoms with Crippen molar-refractivity contribution in [1.82, 2.24) is 5.32 Å². The number of hydrogen-bond donors (Lipinski definition) is 1. The molecule has 2 rings (SSSR count). The summed E-state index contributed by atoms with van der Waals surface area (Å²) in [6.07, 6.45) is 0.998. The van der Waals surface area contributed by atoms with E-state index in [-0.39, 0.29) is 11.3 Å². The van der Waals surface area contributed by atoms with E-state index in [1.807, 2.05) is 37.3 Å². The molecule has 0 unspecified atom stereocenters. The van der Waals surface area contributed by atoms with E-state index in [1.165, 1.54) is 11.1 Å². The number of carbonyl (C=O) groups excluding carboxylic acids is 1. The van der Waals surface area contributed by atoms with Crippen LogP contribution in [0, 0.1) is 0 Å². The van der Waals surface area contributed by atoms with Gasteiger partial charge in [-0.25, -0.2) is 0 Å². The molecule has 134 valence electrons. The maximum atomic E-state index is 12.4. The molecule has 2 aromatic carbocycles. The minimum Gasteiger partial charge on any atom is -0.481 e. The minimum atomic E-state index is -0.462. The molecule has 0 aliphatic carbocycles. The zero-order valence-corrected chi connectivity index (χ0v) is 15.7. The summed E-state index contributed by atoms with van der Waals surface area (Å²) in [7, 11) is 0. The standard InChI is InChI=1S/C22H29NO2/c1-5-20(21(24)23-16-15-17-9-7-6-8-10-17)25-19-13-11-18(12-14-19)22(2,3)4/h6-14,20H,5,15-16H2,1-4H3,(H,23,24)/t20-/m0/s1. The van der Waals surface area contributed by atoms with Crippen LogP contribution in [0.3, 0.4) is 0 Å². The molecule has 0 spiro atoms. The third-order valence-electron chi connectivity index (χ3n) is 4.22. The molecule has 1 atom stereocenters. The first-order valence-corrected chi connectivity index (χ1v) is 8.99. The van der Waals surface area contributed by atoms with Gasteiger partial charge in [-0.3, -0.25) is 4.79 Å². The Balaban J connectivity index is 1.87. The van der Waals surface area contributed by atoms with Crippen LogP contribution in [0.2, 0.25) is 0 Å². The van der Waals surface area contributed by atoms with Crippen LogP contribution in [0.1, 0.15) is 45.2 Å². The molecule has 3 heteroatoms. The molecule has 25 heavy (non-hydrogen) atoms. The van der Waals surface area contributed by atoms with Crippen LogP contribution in [-0.4, -0.2) is 18.6 Å². The van der Waals surface area contributed by atoms with Gasteiger partial charge in [-0.05, 0) is 41.5 Å². The fourth-order valence-electron chi connectivity index (χ4n) is 2.61. The van der Waals surface area contributed by atoms with E-state index >= 15 is 0 Å². The average Bonchev–Trinajstić information content (AvgIpc) is 2.60. The van der Waals surface area contributed by atoms with Crippen LogP contribution in [-0.2, 0) is 16.6 Å². The van der Waals surface area contributed by atoms with Crippen LogP contribution >= 0.6 is 0 Å². The Morgan fingerprint density at radius 3 is 2.24 bits per heavy atom. The van der Waals surface area contributed by atoms with Crippen molar-refractivity contribution >= 4 is 5.91 Å². The normalized spacial score (nSPS) is 12.5. The summed E-state index contributed by atoms with van der Waals surface area (Å²) in [6.45, 7) is 9.12. The van der Waals surface area contributed by atoms with Gasteiger partial charge in [-0.2, -0.15) is 0 Å². The Hall–Kier alpha value is -2.29. The maximum absolute atomic E-state index is 12.4. The van der Waals surface area contributed by atoms with E-state index in [0.29, 0.717) is 13.0 Å². The SMILES string of the molecule is CC[C@H](Oc1ccc(C(C)(C)C)cc1)C(=O)NCCc1ccccc1. The molecular formula is C22H29NO2. The van der Waals surface area contributed by atoms with Crippen molar-refractivity contribution in [3.05, 3.63) is 65.7 Å². The van der Waals surface area contributed by atoms with E-state index in [1.54, 1.807) is 0 Å². The lowest BCUT2D eigenvalue weighted by Crippen LogP contribution is -2.38. The van der Waals surface area contributed by atoms with Crippen molar-refractivity contribution < 1.29 is 9.53 Å². The van der Waals surface area contributed by atoms with Crippen molar-refractivity contribution in [1.29, 1.82) is 0 Å². The Bertz CT molecular complexity index is 657. The quantitative estimate of drug-likeness (QED) is 0.806. The van der Waals surface area contributed by atoms with Crippen molar-refractivity contribution in [3.8, 4) is 5.75 Å². The molecule has 0 bridgehead atoms. The number of benzene rings is 2. The van der Waals surface area contributed by atoms with Crippen molar-refractivity contribution in [3.63, 3.8) is 0 Å². The smallest absolute Gasteiger partial charge is 0.261 e. The second-order valence-corrected chi connectivity index (χ2v) is 7.32. The number of hydrogen-bond acceptors (Lipinski definition) is 2. The Morgan fingerprint density at radius 1 is 1.04 bits per heavy atom. The highest BCUT2D eigenvalue weighted by molar-refractivity contribution is 5.81. The van der Waals surface area contributed by atoms with Crippen molar-refractivity contribution in [2.75, 3.05) is 6.54 Å². The van der Waals surface area contributed by atoms with Gasteiger partial charge < -0.3 is 10.1 Å². The Kier molecular flexibility index (Phi) is 6.63. The summed E-state index contributed by atoms with van der Waals surface area (Å²) >= 11 is 0. The number of ether oxygens (including phenoxy) is 1. The number of carbonyl (C=O) groups is 1. The molecule has 1 N–H and O–H groups in total. The summed E-state index contributed by atoms with van der Waals surface area (Å²) < 4.78 is 5.88. The largest absolute Gasteiger partial charge is 0.481 e. The van der Waals surface area contributed by atoms with Gasteiger partial charge in [0.05, 0.1) is 0 Å². The highest BCUT2D eigenvalue weighted by Crippen LogP contribution is 2.24. The average molecular weight is 339 g/mol. The van der Waals surface area contributed by atoms with Gasteiger partial charge in [0.25, 0.3) is 5.91 Å². The summed E-state index contributed by atoms with van der Waals surface area (Å²) in [6, 6.07) is 18.2. The third kappa shape index (κ3) is 5.93. The van der Waals surface area contributed by atoms with Gasteiger partial charge >= 0.3 is 0 Å². The first kappa shape index (κ1) is 19.0. The first-order valence-electron chi connectivity index (χ1n) is 8.99. The summed E-state index contributed by atoms with van der Waals surface area (Å²) in [5.41, 5.74) is 2.58. The summed E-state index contributed by atoms with van der Waals surface area (Å²) in [5.74, 6) is 0.677. The van der Waals surface area contributed by atoms with Crippen molar-refractivity contribution in [2.24, 2.45) is 0 Å². The van der Waals surface area contributed by atoms with Crippen LogP contribution in [0.15, 0.2) is 54.6 Å². The molecule has 0 radical (unpaired) electrons. The number of nitrogens with one attached hydrogen (secondary N) is 1. The van der Waals surface area contributed by atoms with Crippen LogP contribution in [0.4, 0.5) is 0 Å². The minimum absolute atomic E-state index is 0.0571. The van der Waals surface area contributed by atoms with E-state index in [4.69, 9.17) is 4.74 Å². The lowest BCUT2D eigenvalue weighted by molar-refractivity contribution is -0.128. The highest BCUT2D eigenvalue weighted by atomic mass is 16.5. The molecule has 0 aromatic heterocycles. The lowest BCUT2D eigenvalue weighted by atomic mass is 9.87. The van der Waals surface area contributed by atoms with E-state index < -0.39 is 6.10 Å².